The van der Waals surface area contributed by atoms with E-state index >= 15 is 0 Å². The highest BCUT2D eigenvalue weighted by molar-refractivity contribution is 7.92. The number of fused-ring (bicyclic) bond motifs is 1. The molecular formula is C16H13ClF2N4O3S2. The van der Waals surface area contributed by atoms with Crippen LogP contribution in [0.15, 0.2) is 23.8 Å². The normalized spacial score (nSPS) is 11.6. The van der Waals surface area contributed by atoms with Crippen LogP contribution >= 0.6 is 22.9 Å². The first-order valence-corrected chi connectivity index (χ1v) is 10.8. The van der Waals surface area contributed by atoms with Crippen molar-refractivity contribution in [3.05, 3.63) is 46.2 Å². The Morgan fingerprint density at radius 1 is 1.29 bits per heavy atom. The van der Waals surface area contributed by atoms with Crippen LogP contribution in [-0.4, -0.2) is 30.0 Å². The number of carbonyl (C=O) groups is 1. The third-order valence-corrected chi connectivity index (χ3v) is 6.47. The number of nitrogens with zero attached hydrogens (tertiary/aromatic N) is 2. The van der Waals surface area contributed by atoms with E-state index in [1.165, 1.54) is 11.7 Å². The first-order chi connectivity index (χ1) is 13.2. The maximum absolute atomic E-state index is 14.7. The summed E-state index contributed by atoms with van der Waals surface area (Å²) < 4.78 is 55.0. The molecule has 0 aliphatic rings. The predicted molar refractivity (Wildman–Crippen MR) is 104 cm³/mol. The van der Waals surface area contributed by atoms with E-state index in [0.29, 0.717) is 11.1 Å². The molecule has 0 fully saturated rings. The number of carbonyl (C=O) groups excluding carboxylic acids is 1. The molecule has 3 rings (SSSR count). The van der Waals surface area contributed by atoms with Crippen molar-refractivity contribution in [2.75, 3.05) is 15.8 Å². The molecule has 2 aromatic heterocycles. The molecule has 1 aromatic carbocycles. The molecule has 1 amide bonds. The summed E-state index contributed by atoms with van der Waals surface area (Å²) >= 11 is 7.04. The van der Waals surface area contributed by atoms with E-state index in [2.05, 4.69) is 15.3 Å². The van der Waals surface area contributed by atoms with Crippen LogP contribution < -0.4 is 10.0 Å². The minimum atomic E-state index is -3.80. The zero-order chi connectivity index (χ0) is 20.5. The fourth-order valence-corrected chi connectivity index (χ4v) is 4.67. The zero-order valence-corrected chi connectivity index (χ0v) is 16.7. The number of rotatable bonds is 6. The number of sulfonamides is 1. The lowest BCUT2D eigenvalue weighted by molar-refractivity contribution is 0.102. The minimum absolute atomic E-state index is 0.0556. The van der Waals surface area contributed by atoms with E-state index in [-0.39, 0.29) is 22.0 Å². The molecule has 0 radical (unpaired) electrons. The predicted octanol–water partition coefficient (Wildman–Crippen LogP) is 4.03. The molecule has 0 bridgehead atoms. The topological polar surface area (TPSA) is 101 Å². The first kappa shape index (κ1) is 20.4. The third-order valence-electron chi connectivity index (χ3n) is 3.62. The summed E-state index contributed by atoms with van der Waals surface area (Å²) in [5.74, 6) is -3.35. The van der Waals surface area contributed by atoms with Crippen LogP contribution in [-0.2, 0) is 10.0 Å². The molecule has 2 N–H and O–H groups in total. The van der Waals surface area contributed by atoms with Gasteiger partial charge in [-0.2, -0.15) is 0 Å². The molecule has 0 aliphatic carbocycles. The van der Waals surface area contributed by atoms with Crippen molar-refractivity contribution in [3.63, 3.8) is 0 Å². The lowest BCUT2D eigenvalue weighted by atomic mass is 10.2. The maximum atomic E-state index is 14.7. The van der Waals surface area contributed by atoms with Crippen LogP contribution in [0.25, 0.3) is 10.2 Å². The smallest absolute Gasteiger partial charge is 0.258 e. The maximum Gasteiger partial charge on any atom is 0.258 e. The van der Waals surface area contributed by atoms with E-state index < -0.39 is 38.9 Å². The summed E-state index contributed by atoms with van der Waals surface area (Å²) in [5.41, 5.74) is -0.949. The molecule has 0 aliphatic heterocycles. The summed E-state index contributed by atoms with van der Waals surface area (Å²) in [7, 11) is -3.80. The van der Waals surface area contributed by atoms with Gasteiger partial charge < -0.3 is 5.32 Å². The number of hydrogen-bond donors (Lipinski definition) is 2. The Balaban J connectivity index is 1.94. The highest BCUT2D eigenvalue weighted by Crippen LogP contribution is 2.31. The summed E-state index contributed by atoms with van der Waals surface area (Å²) in [5, 5.41) is 3.72. The average Bonchev–Trinajstić information content (AvgIpc) is 3.06. The van der Waals surface area contributed by atoms with Gasteiger partial charge in [0, 0.05) is 5.38 Å². The Morgan fingerprint density at radius 3 is 2.75 bits per heavy atom. The fourth-order valence-electron chi connectivity index (χ4n) is 2.40. The zero-order valence-electron chi connectivity index (χ0n) is 14.3. The molecule has 148 valence electrons. The van der Waals surface area contributed by atoms with E-state index in [1.807, 2.05) is 4.72 Å². The van der Waals surface area contributed by atoms with Crippen LogP contribution in [0.4, 0.5) is 20.2 Å². The van der Waals surface area contributed by atoms with Gasteiger partial charge in [-0.15, -0.1) is 11.3 Å². The van der Waals surface area contributed by atoms with Gasteiger partial charge in [0.1, 0.15) is 23.0 Å². The van der Waals surface area contributed by atoms with Crippen LogP contribution in [0.1, 0.15) is 23.7 Å². The Kier molecular flexibility index (Phi) is 5.77. The second-order valence-electron chi connectivity index (χ2n) is 5.65. The van der Waals surface area contributed by atoms with E-state index in [0.717, 1.165) is 23.5 Å². The standard InChI is InChI=1S/C16H13ClF2N4O3S2/c1-2-5-28(25,26)23-10-4-3-9(18)13(11(10)19)22-16(24)8-6-27-14-12(8)20-7-21-15(14)17/h3-4,6-7,23H,2,5H2,1H3,(H,22,24). The Bertz CT molecular complexity index is 1170. The van der Waals surface area contributed by atoms with Gasteiger partial charge in [0.05, 0.1) is 27.2 Å². The van der Waals surface area contributed by atoms with Crippen LogP contribution in [0.5, 0.6) is 0 Å². The monoisotopic (exact) mass is 446 g/mol. The lowest BCUT2D eigenvalue weighted by Gasteiger charge is -2.12. The van der Waals surface area contributed by atoms with Crippen molar-refractivity contribution in [1.29, 1.82) is 0 Å². The van der Waals surface area contributed by atoms with Crippen molar-refractivity contribution >= 4 is 60.5 Å². The highest BCUT2D eigenvalue weighted by atomic mass is 35.5. The van der Waals surface area contributed by atoms with Crippen LogP contribution in [0.2, 0.25) is 5.15 Å². The van der Waals surface area contributed by atoms with Gasteiger partial charge in [0.25, 0.3) is 5.91 Å². The van der Waals surface area contributed by atoms with Gasteiger partial charge in [-0.3, -0.25) is 9.52 Å². The van der Waals surface area contributed by atoms with E-state index in [1.54, 1.807) is 6.92 Å². The van der Waals surface area contributed by atoms with Gasteiger partial charge in [0.2, 0.25) is 10.0 Å². The van der Waals surface area contributed by atoms with E-state index in [4.69, 9.17) is 11.6 Å². The molecule has 0 saturated heterocycles. The lowest BCUT2D eigenvalue weighted by Crippen LogP contribution is -2.19. The second-order valence-corrected chi connectivity index (χ2v) is 8.73. The summed E-state index contributed by atoms with van der Waals surface area (Å²) in [6.45, 7) is 1.65. The van der Waals surface area contributed by atoms with Gasteiger partial charge >= 0.3 is 0 Å². The molecule has 0 spiro atoms. The van der Waals surface area contributed by atoms with Crippen LogP contribution in [0, 0.1) is 11.6 Å². The van der Waals surface area contributed by atoms with Crippen molar-refractivity contribution in [3.8, 4) is 0 Å². The second kappa shape index (κ2) is 7.94. The van der Waals surface area contributed by atoms with Gasteiger partial charge in [-0.25, -0.2) is 27.2 Å². The number of aromatic nitrogens is 2. The number of nitrogens with one attached hydrogen (secondary N) is 2. The molecule has 12 heteroatoms. The molecule has 7 nitrogen and oxygen atoms in total. The van der Waals surface area contributed by atoms with E-state index in [9.17, 15) is 22.0 Å². The van der Waals surface area contributed by atoms with Crippen molar-refractivity contribution in [1.82, 2.24) is 9.97 Å². The van der Waals surface area contributed by atoms with Gasteiger partial charge in [-0.1, -0.05) is 18.5 Å². The molecule has 2 heterocycles. The van der Waals surface area contributed by atoms with Gasteiger partial charge in [-0.05, 0) is 18.6 Å². The Hall–Kier alpha value is -2.37. The molecular weight excluding hydrogens is 434 g/mol. The largest absolute Gasteiger partial charge is 0.317 e. The molecule has 28 heavy (non-hydrogen) atoms. The molecule has 0 saturated carbocycles. The Morgan fingerprint density at radius 2 is 2.04 bits per heavy atom. The summed E-state index contributed by atoms with van der Waals surface area (Å²) in [6, 6.07) is 1.80. The van der Waals surface area contributed by atoms with Crippen molar-refractivity contribution in [2.24, 2.45) is 0 Å². The minimum Gasteiger partial charge on any atom is -0.317 e. The SMILES string of the molecule is CCCS(=O)(=O)Nc1ccc(F)c(NC(=O)c2csc3c(Cl)ncnc23)c1F. The number of halogens is 3. The first-order valence-electron chi connectivity index (χ1n) is 7.91. The molecule has 3 aromatic rings. The quantitative estimate of drug-likeness (QED) is 0.557. The fraction of sp³-hybridized carbons (Fsp3) is 0.188. The van der Waals surface area contributed by atoms with Crippen LogP contribution in [0.3, 0.4) is 0 Å². The number of amides is 1. The van der Waals surface area contributed by atoms with Crippen molar-refractivity contribution in [2.45, 2.75) is 13.3 Å². The number of thiophene rings is 1. The average molecular weight is 447 g/mol. The number of anilines is 2. The van der Waals surface area contributed by atoms with Gasteiger partial charge in [0.15, 0.2) is 5.82 Å². The van der Waals surface area contributed by atoms with Crippen molar-refractivity contribution < 1.29 is 22.0 Å². The highest BCUT2D eigenvalue weighted by Gasteiger charge is 2.22. The third kappa shape index (κ3) is 4.05. The Labute approximate surface area is 167 Å². The number of benzene rings is 1. The molecule has 0 unspecified atom stereocenters. The summed E-state index contributed by atoms with van der Waals surface area (Å²) in [4.78, 5) is 20.3. The molecule has 0 atom stereocenters. The summed E-state index contributed by atoms with van der Waals surface area (Å²) in [6.07, 6.45) is 1.48. The number of hydrogen-bond acceptors (Lipinski definition) is 6.